The summed E-state index contributed by atoms with van der Waals surface area (Å²) in [7, 11) is 0. The average Bonchev–Trinajstić information content (AvgIpc) is 2.78. The van der Waals surface area contributed by atoms with E-state index < -0.39 is 0 Å². The minimum atomic E-state index is 0.498. The molecule has 0 amide bonds. The van der Waals surface area contributed by atoms with Crippen molar-refractivity contribution in [3.8, 4) is 0 Å². The molecule has 0 aliphatic carbocycles. The summed E-state index contributed by atoms with van der Waals surface area (Å²) in [5.41, 5.74) is 2.56. The molecule has 2 aromatic heterocycles. The van der Waals surface area contributed by atoms with Crippen molar-refractivity contribution in [2.45, 2.75) is 6.92 Å². The van der Waals surface area contributed by atoms with E-state index in [1.54, 1.807) is 11.3 Å². The van der Waals surface area contributed by atoms with Crippen LogP contribution >= 0.6 is 23.1 Å². The molecule has 1 saturated heterocycles. The van der Waals surface area contributed by atoms with Gasteiger partial charge in [0.05, 0.1) is 5.39 Å². The molecule has 0 atom stereocenters. The van der Waals surface area contributed by atoms with Gasteiger partial charge in [-0.3, -0.25) is 5.43 Å². The first-order valence-electron chi connectivity index (χ1n) is 5.85. The van der Waals surface area contributed by atoms with Gasteiger partial charge in [-0.2, -0.15) is 16.7 Å². The van der Waals surface area contributed by atoms with Crippen molar-refractivity contribution in [3.63, 3.8) is 0 Å². The van der Waals surface area contributed by atoms with Crippen LogP contribution in [0.2, 0.25) is 0 Å². The lowest BCUT2D eigenvalue weighted by molar-refractivity contribution is 0.842. The van der Waals surface area contributed by atoms with Crippen LogP contribution in [0.3, 0.4) is 0 Å². The first-order valence-corrected chi connectivity index (χ1v) is 7.82. The number of nitrogen functional groups attached to an aromatic ring is 1. The molecule has 0 saturated carbocycles. The van der Waals surface area contributed by atoms with Crippen molar-refractivity contribution in [2.24, 2.45) is 5.84 Å². The van der Waals surface area contributed by atoms with Crippen LogP contribution in [-0.2, 0) is 0 Å². The lowest BCUT2D eigenvalue weighted by atomic mass is 10.3. The first-order chi connectivity index (χ1) is 8.78. The Kier molecular flexibility index (Phi) is 3.27. The van der Waals surface area contributed by atoms with E-state index in [4.69, 9.17) is 5.84 Å². The third-order valence-electron chi connectivity index (χ3n) is 2.94. The number of aromatic nitrogens is 2. The van der Waals surface area contributed by atoms with Crippen LogP contribution in [0.15, 0.2) is 6.07 Å². The van der Waals surface area contributed by atoms with E-state index in [1.165, 1.54) is 4.88 Å². The van der Waals surface area contributed by atoms with Crippen molar-refractivity contribution in [1.82, 2.24) is 9.97 Å². The molecule has 5 nitrogen and oxygen atoms in total. The maximum Gasteiger partial charge on any atom is 0.240 e. The van der Waals surface area contributed by atoms with E-state index in [1.807, 2.05) is 11.8 Å². The number of rotatable bonds is 2. The minimum absolute atomic E-state index is 0.498. The summed E-state index contributed by atoms with van der Waals surface area (Å²) in [4.78, 5) is 13.5. The van der Waals surface area contributed by atoms with Gasteiger partial charge in [0.1, 0.15) is 10.6 Å². The van der Waals surface area contributed by atoms with Crippen molar-refractivity contribution in [1.29, 1.82) is 0 Å². The zero-order valence-electron chi connectivity index (χ0n) is 10.1. The number of fused-ring (bicyclic) bond motifs is 1. The lowest BCUT2D eigenvalue weighted by Crippen LogP contribution is -2.33. The summed E-state index contributed by atoms with van der Waals surface area (Å²) in [5, 5.41) is 1.14. The van der Waals surface area contributed by atoms with Crippen LogP contribution in [0.5, 0.6) is 0 Å². The van der Waals surface area contributed by atoms with Gasteiger partial charge < -0.3 is 4.90 Å². The number of nitrogens with two attached hydrogens (primary N) is 1. The van der Waals surface area contributed by atoms with Gasteiger partial charge in [0.25, 0.3) is 0 Å². The summed E-state index contributed by atoms with van der Waals surface area (Å²) in [5.74, 6) is 9.27. The van der Waals surface area contributed by atoms with Gasteiger partial charge in [-0.1, -0.05) is 0 Å². The van der Waals surface area contributed by atoms with Crippen LogP contribution in [-0.4, -0.2) is 34.6 Å². The SMILES string of the molecule is Cc1cc2c(N3CCSCC3)nc(NN)nc2s1. The zero-order valence-corrected chi connectivity index (χ0v) is 11.8. The molecule has 0 unspecified atom stereocenters. The highest BCUT2D eigenvalue weighted by molar-refractivity contribution is 7.99. The Morgan fingerprint density at radius 1 is 1.33 bits per heavy atom. The molecule has 18 heavy (non-hydrogen) atoms. The summed E-state index contributed by atoms with van der Waals surface area (Å²) in [6.45, 7) is 4.17. The van der Waals surface area contributed by atoms with Crippen molar-refractivity contribution < 1.29 is 0 Å². The topological polar surface area (TPSA) is 67.1 Å². The van der Waals surface area contributed by atoms with Gasteiger partial charge in [-0.15, -0.1) is 11.3 Å². The lowest BCUT2D eigenvalue weighted by Gasteiger charge is -2.28. The third kappa shape index (κ3) is 2.13. The molecule has 0 radical (unpaired) electrons. The van der Waals surface area contributed by atoms with Gasteiger partial charge >= 0.3 is 0 Å². The van der Waals surface area contributed by atoms with Gasteiger partial charge in [0.2, 0.25) is 5.95 Å². The molecule has 0 bridgehead atoms. The Morgan fingerprint density at radius 2 is 2.11 bits per heavy atom. The largest absolute Gasteiger partial charge is 0.354 e. The molecule has 7 heteroatoms. The highest BCUT2D eigenvalue weighted by Crippen LogP contribution is 2.32. The molecular weight excluding hydrogens is 266 g/mol. The standard InChI is InChI=1S/C11H15N5S2/c1-7-6-8-9(16-2-4-17-5-3-16)13-11(15-12)14-10(8)18-7/h6H,2-5,12H2,1H3,(H,13,14,15). The van der Waals surface area contributed by atoms with Gasteiger partial charge in [0.15, 0.2) is 0 Å². The highest BCUT2D eigenvalue weighted by atomic mass is 32.2. The van der Waals surface area contributed by atoms with Gasteiger partial charge in [-0.05, 0) is 13.0 Å². The Labute approximate surface area is 114 Å². The molecule has 1 aliphatic rings. The van der Waals surface area contributed by atoms with Gasteiger partial charge in [0, 0.05) is 29.5 Å². The van der Waals surface area contributed by atoms with Crippen molar-refractivity contribution in [3.05, 3.63) is 10.9 Å². The number of anilines is 2. The molecule has 3 rings (SSSR count). The minimum Gasteiger partial charge on any atom is -0.354 e. The maximum atomic E-state index is 5.45. The van der Waals surface area contributed by atoms with Crippen LogP contribution in [0.1, 0.15) is 4.88 Å². The Hall–Kier alpha value is -1.05. The Balaban J connectivity index is 2.12. The van der Waals surface area contributed by atoms with Crippen molar-refractivity contribution in [2.75, 3.05) is 34.9 Å². The predicted molar refractivity (Wildman–Crippen MR) is 79.5 cm³/mol. The molecule has 1 fully saturated rings. The number of aryl methyl sites for hydroxylation is 1. The molecule has 3 heterocycles. The Bertz CT molecular complexity index is 562. The van der Waals surface area contributed by atoms with Crippen LogP contribution in [0, 0.1) is 6.92 Å². The van der Waals surface area contributed by atoms with Crippen LogP contribution < -0.4 is 16.2 Å². The summed E-state index contributed by atoms with van der Waals surface area (Å²) in [6, 6.07) is 2.16. The zero-order chi connectivity index (χ0) is 12.5. The van der Waals surface area contributed by atoms with E-state index in [9.17, 15) is 0 Å². The Morgan fingerprint density at radius 3 is 2.83 bits per heavy atom. The normalized spacial score (nSPS) is 16.2. The maximum absolute atomic E-state index is 5.45. The van der Waals surface area contributed by atoms with Gasteiger partial charge in [-0.25, -0.2) is 10.8 Å². The molecular formula is C11H15N5S2. The second-order valence-electron chi connectivity index (χ2n) is 4.19. The summed E-state index contributed by atoms with van der Waals surface area (Å²) in [6.07, 6.45) is 0. The molecule has 1 aliphatic heterocycles. The van der Waals surface area contributed by atoms with Crippen LogP contribution in [0.25, 0.3) is 10.2 Å². The number of hydrazine groups is 1. The number of hydrogen-bond donors (Lipinski definition) is 2. The first kappa shape index (κ1) is 12.0. The summed E-state index contributed by atoms with van der Waals surface area (Å²) >= 11 is 3.67. The van der Waals surface area contributed by atoms with E-state index in [0.29, 0.717) is 5.95 Å². The van der Waals surface area contributed by atoms with E-state index in [-0.39, 0.29) is 0 Å². The van der Waals surface area contributed by atoms with E-state index in [2.05, 4.69) is 33.3 Å². The fourth-order valence-electron chi connectivity index (χ4n) is 2.11. The smallest absolute Gasteiger partial charge is 0.240 e. The summed E-state index contributed by atoms with van der Waals surface area (Å²) < 4.78 is 0. The quantitative estimate of drug-likeness (QED) is 0.647. The number of nitrogens with one attached hydrogen (secondary N) is 1. The molecule has 96 valence electrons. The van der Waals surface area contributed by atoms with E-state index in [0.717, 1.165) is 40.6 Å². The molecule has 2 aromatic rings. The highest BCUT2D eigenvalue weighted by Gasteiger charge is 2.18. The number of nitrogens with zero attached hydrogens (tertiary/aromatic N) is 3. The predicted octanol–water partition coefficient (Wildman–Crippen LogP) is 1.84. The second-order valence-corrected chi connectivity index (χ2v) is 6.65. The fourth-order valence-corrected chi connectivity index (χ4v) is 3.88. The second kappa shape index (κ2) is 4.91. The van der Waals surface area contributed by atoms with E-state index >= 15 is 0 Å². The van der Waals surface area contributed by atoms with Crippen LogP contribution in [0.4, 0.5) is 11.8 Å². The molecule has 0 aromatic carbocycles. The monoisotopic (exact) mass is 281 g/mol. The third-order valence-corrected chi connectivity index (χ3v) is 4.82. The fraction of sp³-hybridized carbons (Fsp3) is 0.455. The number of thiophene rings is 1. The van der Waals surface area contributed by atoms with Crippen molar-refractivity contribution >= 4 is 45.1 Å². The number of hydrogen-bond acceptors (Lipinski definition) is 7. The molecule has 0 spiro atoms. The average molecular weight is 281 g/mol. The number of thioether (sulfide) groups is 1. The molecule has 3 N–H and O–H groups in total.